The minimum Gasteiger partial charge on any atom is -0.467 e. The van der Waals surface area contributed by atoms with E-state index in [0.29, 0.717) is 29.3 Å². The van der Waals surface area contributed by atoms with E-state index in [-0.39, 0.29) is 42.6 Å². The minimum absolute atomic E-state index is 0.0934. The van der Waals surface area contributed by atoms with Gasteiger partial charge in [0.2, 0.25) is 16.9 Å². The van der Waals surface area contributed by atoms with Crippen LogP contribution in [-0.2, 0) is 15.0 Å². The summed E-state index contributed by atoms with van der Waals surface area (Å²) < 4.78 is 6.11. The summed E-state index contributed by atoms with van der Waals surface area (Å²) in [5, 5.41) is 15.0. The summed E-state index contributed by atoms with van der Waals surface area (Å²) in [7, 11) is 0. The molecule has 0 unspecified atom stereocenters. The van der Waals surface area contributed by atoms with E-state index in [1.807, 2.05) is 26.8 Å². The summed E-state index contributed by atoms with van der Waals surface area (Å²) in [5.41, 5.74) is -0.627. The average Bonchev–Trinajstić information content (AvgIpc) is 3.13. The van der Waals surface area contributed by atoms with Crippen molar-refractivity contribution in [3.63, 3.8) is 0 Å². The highest BCUT2D eigenvalue weighted by molar-refractivity contribution is 7.15. The molecule has 4 rings (SSSR count). The molecule has 2 aliphatic heterocycles. The second-order valence-corrected chi connectivity index (χ2v) is 9.80. The van der Waals surface area contributed by atoms with E-state index in [2.05, 4.69) is 20.8 Å². The number of hydrogen-bond donors (Lipinski definition) is 2. The molecule has 2 aliphatic rings. The van der Waals surface area contributed by atoms with Gasteiger partial charge in [-0.1, -0.05) is 44.2 Å². The second-order valence-electron chi connectivity index (χ2n) is 8.82. The largest absolute Gasteiger partial charge is 0.467 e. The van der Waals surface area contributed by atoms with E-state index in [9.17, 15) is 14.4 Å². The molecule has 0 aliphatic carbocycles. The van der Waals surface area contributed by atoms with E-state index < -0.39 is 5.72 Å². The van der Waals surface area contributed by atoms with Gasteiger partial charge in [0.05, 0.1) is 12.1 Å². The summed E-state index contributed by atoms with van der Waals surface area (Å²) in [6, 6.07) is 7.04. The van der Waals surface area contributed by atoms with Crippen LogP contribution >= 0.6 is 11.3 Å². The lowest BCUT2D eigenvalue weighted by atomic mass is 9.98. The molecule has 2 N–H and O–H groups in total. The van der Waals surface area contributed by atoms with Gasteiger partial charge >= 0.3 is 0 Å². The number of hydrogen-bond acceptors (Lipinski definition) is 7. The van der Waals surface area contributed by atoms with Crippen LogP contribution in [0.25, 0.3) is 0 Å². The summed E-state index contributed by atoms with van der Waals surface area (Å²) in [6.07, 6.45) is 0.900. The Kier molecular flexibility index (Phi) is 5.42. The van der Waals surface area contributed by atoms with Crippen molar-refractivity contribution in [1.29, 1.82) is 0 Å². The molecule has 1 aromatic heterocycles. The third-order valence-electron chi connectivity index (χ3n) is 5.31. The number of carbonyl (C=O) groups excluding carboxylic acids is 3. The number of ether oxygens (including phenoxy) is 1. The molecule has 0 bridgehead atoms. The van der Waals surface area contributed by atoms with Gasteiger partial charge < -0.3 is 15.0 Å². The Morgan fingerprint density at radius 3 is 2.77 bits per heavy atom. The van der Waals surface area contributed by atoms with Crippen molar-refractivity contribution in [3.05, 3.63) is 34.8 Å². The SMILES string of the molecule is CC(C)(C)c1nnc(NC(=O)CN2CC[C@]3(CCC2=O)NC(=O)c2ccccc2O3)s1. The standard InChI is InChI=1S/C21H25N5O4S/c1-20(2,3)18-24-25-19(31-18)22-15(27)12-26-11-10-21(9-8-16(26)28)23-17(29)13-6-4-5-7-14(13)30-21/h4-7H,8-12H2,1-3H3,(H,23,29)(H,22,25,27)/t21-/m1/s1. The van der Waals surface area contributed by atoms with E-state index in [1.165, 1.54) is 16.2 Å². The Labute approximate surface area is 184 Å². The first-order valence-corrected chi connectivity index (χ1v) is 11.0. The molecule has 1 fully saturated rings. The van der Waals surface area contributed by atoms with Gasteiger partial charge in [-0.3, -0.25) is 19.7 Å². The fourth-order valence-corrected chi connectivity index (χ4v) is 4.41. The first kappa shape index (κ1) is 21.2. The normalized spacial score (nSPS) is 21.2. The number of carbonyl (C=O) groups is 3. The maximum absolute atomic E-state index is 12.6. The molecule has 0 radical (unpaired) electrons. The molecule has 10 heteroatoms. The van der Waals surface area contributed by atoms with Crippen molar-refractivity contribution in [2.24, 2.45) is 0 Å². The number of amides is 3. The van der Waals surface area contributed by atoms with Crippen LogP contribution in [0.2, 0.25) is 0 Å². The number of likely N-dealkylation sites (tertiary alicyclic amines) is 1. The molecule has 164 valence electrons. The molecular formula is C21H25N5O4S. The molecular weight excluding hydrogens is 418 g/mol. The molecule has 31 heavy (non-hydrogen) atoms. The fourth-order valence-electron chi connectivity index (χ4n) is 3.59. The number of anilines is 1. The zero-order valence-electron chi connectivity index (χ0n) is 17.7. The van der Waals surface area contributed by atoms with Crippen molar-refractivity contribution in [1.82, 2.24) is 20.4 Å². The van der Waals surface area contributed by atoms with Crippen molar-refractivity contribution in [2.45, 2.75) is 51.2 Å². The molecule has 1 atom stereocenters. The Bertz CT molecular complexity index is 1030. The topological polar surface area (TPSA) is 114 Å². The van der Waals surface area contributed by atoms with Gasteiger partial charge in [0.15, 0.2) is 5.72 Å². The monoisotopic (exact) mass is 443 g/mol. The minimum atomic E-state index is -0.951. The van der Waals surface area contributed by atoms with Crippen LogP contribution in [0, 0.1) is 0 Å². The predicted molar refractivity (Wildman–Crippen MR) is 115 cm³/mol. The first-order chi connectivity index (χ1) is 14.7. The number of fused-ring (bicyclic) bond motifs is 1. The summed E-state index contributed by atoms with van der Waals surface area (Å²) in [6.45, 7) is 6.27. The van der Waals surface area contributed by atoms with Crippen LogP contribution in [0.3, 0.4) is 0 Å². The van der Waals surface area contributed by atoms with Gasteiger partial charge in [-0.15, -0.1) is 10.2 Å². The first-order valence-electron chi connectivity index (χ1n) is 10.2. The van der Waals surface area contributed by atoms with Crippen molar-refractivity contribution < 1.29 is 19.1 Å². The number of para-hydroxylation sites is 1. The van der Waals surface area contributed by atoms with Crippen molar-refractivity contribution in [2.75, 3.05) is 18.4 Å². The molecule has 3 amide bonds. The quantitative estimate of drug-likeness (QED) is 0.753. The highest BCUT2D eigenvalue weighted by Crippen LogP contribution is 2.33. The highest BCUT2D eigenvalue weighted by atomic mass is 32.1. The lowest BCUT2D eigenvalue weighted by Gasteiger charge is -2.38. The third-order valence-corrected chi connectivity index (χ3v) is 6.57. The van der Waals surface area contributed by atoms with E-state index in [0.717, 1.165) is 5.01 Å². The van der Waals surface area contributed by atoms with Gasteiger partial charge in [0.1, 0.15) is 10.8 Å². The van der Waals surface area contributed by atoms with Crippen molar-refractivity contribution in [3.8, 4) is 5.75 Å². The number of aromatic nitrogens is 2. The highest BCUT2D eigenvalue weighted by Gasteiger charge is 2.42. The maximum Gasteiger partial charge on any atom is 0.258 e. The van der Waals surface area contributed by atoms with Gasteiger partial charge in [0, 0.05) is 31.2 Å². The van der Waals surface area contributed by atoms with E-state index in [1.54, 1.807) is 18.2 Å². The van der Waals surface area contributed by atoms with E-state index >= 15 is 0 Å². The zero-order valence-corrected chi connectivity index (χ0v) is 18.5. The summed E-state index contributed by atoms with van der Waals surface area (Å²) in [5.74, 6) is -0.196. The van der Waals surface area contributed by atoms with Gasteiger partial charge in [0.25, 0.3) is 5.91 Å². The average molecular weight is 444 g/mol. The third kappa shape index (κ3) is 4.53. The summed E-state index contributed by atoms with van der Waals surface area (Å²) in [4.78, 5) is 39.2. The Balaban J connectivity index is 1.40. The fraction of sp³-hybridized carbons (Fsp3) is 0.476. The lowest BCUT2D eigenvalue weighted by Crippen LogP contribution is -2.56. The molecule has 9 nitrogen and oxygen atoms in total. The summed E-state index contributed by atoms with van der Waals surface area (Å²) >= 11 is 1.32. The number of nitrogens with one attached hydrogen (secondary N) is 2. The molecule has 2 aromatic rings. The second kappa shape index (κ2) is 7.92. The van der Waals surface area contributed by atoms with Crippen LogP contribution in [0.4, 0.5) is 5.13 Å². The molecule has 1 aromatic carbocycles. The molecule has 3 heterocycles. The van der Waals surface area contributed by atoms with Gasteiger partial charge in [-0.2, -0.15) is 0 Å². The predicted octanol–water partition coefficient (Wildman–Crippen LogP) is 2.31. The van der Waals surface area contributed by atoms with Crippen LogP contribution < -0.4 is 15.4 Å². The zero-order chi connectivity index (χ0) is 22.2. The van der Waals surface area contributed by atoms with Crippen molar-refractivity contribution >= 4 is 34.2 Å². The number of nitrogens with zero attached hydrogens (tertiary/aromatic N) is 3. The molecule has 1 saturated heterocycles. The van der Waals surface area contributed by atoms with Crippen LogP contribution in [0.5, 0.6) is 5.75 Å². The van der Waals surface area contributed by atoms with Crippen LogP contribution in [0.1, 0.15) is 55.4 Å². The van der Waals surface area contributed by atoms with Gasteiger partial charge in [-0.25, -0.2) is 0 Å². The number of benzene rings is 1. The Morgan fingerprint density at radius 1 is 1.26 bits per heavy atom. The van der Waals surface area contributed by atoms with E-state index in [4.69, 9.17) is 4.74 Å². The molecule has 1 spiro atoms. The molecule has 0 saturated carbocycles. The lowest BCUT2D eigenvalue weighted by molar-refractivity contribution is -0.134. The van der Waals surface area contributed by atoms with Gasteiger partial charge in [-0.05, 0) is 12.1 Å². The Morgan fingerprint density at radius 2 is 2.03 bits per heavy atom. The van der Waals surface area contributed by atoms with Crippen LogP contribution in [-0.4, -0.2) is 51.6 Å². The number of rotatable bonds is 3. The Hall–Kier alpha value is -3.01. The maximum atomic E-state index is 12.6. The van der Waals surface area contributed by atoms with Crippen LogP contribution in [0.15, 0.2) is 24.3 Å². The smallest absolute Gasteiger partial charge is 0.258 e.